The second kappa shape index (κ2) is 6.26. The maximum atomic E-state index is 13.6. The number of nitrogens with zero attached hydrogens (tertiary/aromatic N) is 1. The van der Waals surface area contributed by atoms with E-state index in [1.54, 1.807) is 0 Å². The molecule has 124 valence electrons. The number of sulfonamides is 2. The van der Waals surface area contributed by atoms with Gasteiger partial charge in [0.05, 0.1) is 4.90 Å². The summed E-state index contributed by atoms with van der Waals surface area (Å²) in [5.74, 6) is -0.869. The summed E-state index contributed by atoms with van der Waals surface area (Å²) >= 11 is 0. The van der Waals surface area contributed by atoms with Crippen LogP contribution in [-0.2, 0) is 20.0 Å². The first kappa shape index (κ1) is 17.4. The molecule has 0 fully saturated rings. The average molecular weight is 358 g/mol. The molecule has 2 rings (SSSR count). The molecule has 0 aliphatic heterocycles. The summed E-state index contributed by atoms with van der Waals surface area (Å²) in [6, 6.07) is 10.1. The first-order chi connectivity index (χ1) is 10.6. The molecule has 9 heteroatoms. The Labute approximate surface area is 134 Å². The zero-order valence-corrected chi connectivity index (χ0v) is 14.0. The molecule has 0 saturated carbocycles. The van der Waals surface area contributed by atoms with Gasteiger partial charge >= 0.3 is 0 Å². The predicted octanol–water partition coefficient (Wildman–Crippen LogP) is 1.88. The van der Waals surface area contributed by atoms with Crippen LogP contribution in [0.4, 0.5) is 10.1 Å². The molecule has 23 heavy (non-hydrogen) atoms. The summed E-state index contributed by atoms with van der Waals surface area (Å²) < 4.78 is 65.0. The van der Waals surface area contributed by atoms with E-state index in [1.165, 1.54) is 50.5 Å². The molecule has 0 heterocycles. The lowest BCUT2D eigenvalue weighted by atomic mass is 10.3. The van der Waals surface area contributed by atoms with Gasteiger partial charge in [-0.3, -0.25) is 4.72 Å². The van der Waals surface area contributed by atoms with E-state index in [0.29, 0.717) is 0 Å². The van der Waals surface area contributed by atoms with Crippen molar-refractivity contribution < 1.29 is 21.2 Å². The van der Waals surface area contributed by atoms with Crippen LogP contribution < -0.4 is 4.72 Å². The lowest BCUT2D eigenvalue weighted by molar-refractivity contribution is 0.521. The lowest BCUT2D eigenvalue weighted by Gasteiger charge is -2.12. The third-order valence-electron chi connectivity index (χ3n) is 3.01. The van der Waals surface area contributed by atoms with E-state index < -0.39 is 30.8 Å². The zero-order valence-electron chi connectivity index (χ0n) is 12.4. The number of hydrogen-bond donors (Lipinski definition) is 1. The fourth-order valence-electron chi connectivity index (χ4n) is 1.78. The molecule has 2 aromatic rings. The lowest BCUT2D eigenvalue weighted by Crippen LogP contribution is -2.22. The smallest absolute Gasteiger partial charge is 0.264 e. The number of anilines is 1. The Morgan fingerprint density at radius 3 is 2.00 bits per heavy atom. The molecule has 0 atom stereocenters. The molecule has 0 aromatic heterocycles. The summed E-state index contributed by atoms with van der Waals surface area (Å²) in [5, 5.41) is 0. The van der Waals surface area contributed by atoms with Gasteiger partial charge in [0.1, 0.15) is 10.7 Å². The summed E-state index contributed by atoms with van der Waals surface area (Å²) in [7, 11) is -4.91. The molecule has 0 bridgehead atoms. The number of hydrogen-bond acceptors (Lipinski definition) is 4. The monoisotopic (exact) mass is 358 g/mol. The number of nitrogens with one attached hydrogen (secondary N) is 1. The van der Waals surface area contributed by atoms with E-state index in [-0.39, 0.29) is 10.6 Å². The molecule has 0 radical (unpaired) electrons. The van der Waals surface area contributed by atoms with Crippen LogP contribution in [0.15, 0.2) is 58.3 Å². The SMILES string of the molecule is CN(C)S(=O)(=O)c1ccc(NS(=O)(=O)c2ccccc2F)cc1. The van der Waals surface area contributed by atoms with E-state index in [2.05, 4.69) is 4.72 Å². The van der Waals surface area contributed by atoms with Gasteiger partial charge in [-0.1, -0.05) is 12.1 Å². The van der Waals surface area contributed by atoms with Crippen LogP contribution in [0, 0.1) is 5.82 Å². The van der Waals surface area contributed by atoms with Crippen LogP contribution in [0.25, 0.3) is 0 Å². The number of rotatable bonds is 5. The molecule has 1 N–H and O–H groups in total. The fourth-order valence-corrected chi connectivity index (χ4v) is 3.82. The maximum absolute atomic E-state index is 13.6. The van der Waals surface area contributed by atoms with Gasteiger partial charge < -0.3 is 0 Å². The minimum atomic E-state index is -4.09. The molecule has 0 saturated heterocycles. The average Bonchev–Trinajstić information content (AvgIpc) is 2.47. The summed E-state index contributed by atoms with van der Waals surface area (Å²) in [4.78, 5) is -0.457. The van der Waals surface area contributed by atoms with Crippen LogP contribution in [0.1, 0.15) is 0 Å². The molecule has 0 spiro atoms. The van der Waals surface area contributed by atoms with Gasteiger partial charge in [-0.15, -0.1) is 0 Å². The van der Waals surface area contributed by atoms with Crippen molar-refractivity contribution in [3.63, 3.8) is 0 Å². The van der Waals surface area contributed by atoms with E-state index in [0.717, 1.165) is 16.4 Å². The molecule has 0 aliphatic rings. The second-order valence-corrected chi connectivity index (χ2v) is 8.65. The molecule has 0 aliphatic carbocycles. The molecule has 2 aromatic carbocycles. The van der Waals surface area contributed by atoms with Crippen molar-refractivity contribution in [3.8, 4) is 0 Å². The number of benzene rings is 2. The Morgan fingerprint density at radius 2 is 1.48 bits per heavy atom. The van der Waals surface area contributed by atoms with E-state index in [9.17, 15) is 21.2 Å². The van der Waals surface area contributed by atoms with Gasteiger partial charge in [-0.2, -0.15) is 0 Å². The van der Waals surface area contributed by atoms with Crippen molar-refractivity contribution in [1.82, 2.24) is 4.31 Å². The molecule has 6 nitrogen and oxygen atoms in total. The highest BCUT2D eigenvalue weighted by atomic mass is 32.2. The van der Waals surface area contributed by atoms with Crippen LogP contribution >= 0.6 is 0 Å². The van der Waals surface area contributed by atoms with E-state index in [4.69, 9.17) is 0 Å². The molecular formula is C14H15FN2O4S2. The van der Waals surface area contributed by atoms with Gasteiger partial charge in [0.2, 0.25) is 10.0 Å². The molecule has 0 amide bonds. The minimum Gasteiger partial charge on any atom is -0.280 e. The van der Waals surface area contributed by atoms with E-state index in [1.807, 2.05) is 0 Å². The highest BCUT2D eigenvalue weighted by molar-refractivity contribution is 7.92. The predicted molar refractivity (Wildman–Crippen MR) is 84.5 cm³/mol. The third kappa shape index (κ3) is 3.69. The van der Waals surface area contributed by atoms with Crippen LogP contribution in [0.5, 0.6) is 0 Å². The van der Waals surface area contributed by atoms with Gasteiger partial charge in [-0.05, 0) is 36.4 Å². The van der Waals surface area contributed by atoms with Gasteiger partial charge in [0, 0.05) is 19.8 Å². The quantitative estimate of drug-likeness (QED) is 0.884. The standard InChI is InChI=1S/C14H15FN2O4S2/c1-17(2)23(20,21)12-9-7-11(8-10-12)16-22(18,19)14-6-4-3-5-13(14)15/h3-10,16H,1-2H3. The van der Waals surface area contributed by atoms with Gasteiger partial charge in [-0.25, -0.2) is 25.5 Å². The highest BCUT2D eigenvalue weighted by Crippen LogP contribution is 2.21. The summed E-state index contributed by atoms with van der Waals surface area (Å²) in [5.41, 5.74) is 0.131. The Morgan fingerprint density at radius 1 is 0.913 bits per heavy atom. The highest BCUT2D eigenvalue weighted by Gasteiger charge is 2.20. The Balaban J connectivity index is 2.30. The van der Waals surface area contributed by atoms with Crippen molar-refractivity contribution in [3.05, 3.63) is 54.3 Å². The Hall–Kier alpha value is -1.97. The minimum absolute atomic E-state index is 0.0244. The summed E-state index contributed by atoms with van der Waals surface area (Å²) in [6.45, 7) is 0. The van der Waals surface area contributed by atoms with Crippen molar-refractivity contribution in [1.29, 1.82) is 0 Å². The van der Waals surface area contributed by atoms with Crippen molar-refractivity contribution in [2.45, 2.75) is 9.79 Å². The maximum Gasteiger partial charge on any atom is 0.264 e. The largest absolute Gasteiger partial charge is 0.280 e. The first-order valence-electron chi connectivity index (χ1n) is 6.44. The first-order valence-corrected chi connectivity index (χ1v) is 9.37. The van der Waals surface area contributed by atoms with Crippen molar-refractivity contribution in [2.75, 3.05) is 18.8 Å². The molecule has 0 unspecified atom stereocenters. The fraction of sp³-hybridized carbons (Fsp3) is 0.143. The normalized spacial score (nSPS) is 12.3. The number of halogens is 1. The Kier molecular flexibility index (Phi) is 4.73. The van der Waals surface area contributed by atoms with Crippen LogP contribution in [0.2, 0.25) is 0 Å². The van der Waals surface area contributed by atoms with E-state index >= 15 is 0 Å². The second-order valence-electron chi connectivity index (χ2n) is 4.85. The third-order valence-corrected chi connectivity index (χ3v) is 6.26. The topological polar surface area (TPSA) is 83.6 Å². The molecular weight excluding hydrogens is 343 g/mol. The van der Waals surface area contributed by atoms with Crippen LogP contribution in [0.3, 0.4) is 0 Å². The van der Waals surface area contributed by atoms with Crippen molar-refractivity contribution >= 4 is 25.7 Å². The Bertz CT molecular complexity index is 908. The van der Waals surface area contributed by atoms with Gasteiger partial charge in [0.25, 0.3) is 10.0 Å². The zero-order chi connectivity index (χ0) is 17.3. The summed E-state index contributed by atoms with van der Waals surface area (Å²) in [6.07, 6.45) is 0. The van der Waals surface area contributed by atoms with Crippen LogP contribution in [-0.4, -0.2) is 35.2 Å². The van der Waals surface area contributed by atoms with Gasteiger partial charge in [0.15, 0.2) is 0 Å². The van der Waals surface area contributed by atoms with Crippen molar-refractivity contribution in [2.24, 2.45) is 0 Å².